The van der Waals surface area contributed by atoms with Crippen LogP contribution in [0.15, 0.2) is 47.7 Å². The molecule has 8 heteroatoms. The lowest BCUT2D eigenvalue weighted by molar-refractivity contribution is 0.221. The summed E-state index contributed by atoms with van der Waals surface area (Å²) < 4.78 is 8.29. The highest BCUT2D eigenvalue weighted by atomic mass is 16.5. The van der Waals surface area contributed by atoms with Crippen molar-refractivity contribution in [2.45, 2.75) is 39.8 Å². The van der Waals surface area contributed by atoms with Crippen molar-refractivity contribution >= 4 is 16.7 Å². The van der Waals surface area contributed by atoms with Crippen LogP contribution in [-0.2, 0) is 13.1 Å². The molecule has 1 aliphatic heterocycles. The topological polar surface area (TPSA) is 77.5 Å². The first-order chi connectivity index (χ1) is 14.7. The predicted octanol–water partition coefficient (Wildman–Crippen LogP) is 3.12. The van der Waals surface area contributed by atoms with Gasteiger partial charge in [-0.15, -0.1) is 0 Å². The fraction of sp³-hybridized carbons (Fsp3) is 0.391. The van der Waals surface area contributed by atoms with E-state index in [1.54, 1.807) is 11.7 Å². The highest BCUT2D eigenvalue weighted by Crippen LogP contribution is 2.20. The molecular formula is C23H28N6O2. The standard InChI is InChI=1S/C22H24N6O2.CH4/c1-30-18-7-5-16(6-8-18)14-27-19-11-17(13-26-9-3-2-4-10-26)12-23-20(19)21-24-15-25-28(21)22(27)29;/h5-8,11-12,15H,2-4,9-10,13-14H2,1H3;1H4. The van der Waals surface area contributed by atoms with E-state index in [2.05, 4.69) is 26.0 Å². The minimum Gasteiger partial charge on any atom is -0.497 e. The second-order valence-electron chi connectivity index (χ2n) is 7.76. The second kappa shape index (κ2) is 8.85. The summed E-state index contributed by atoms with van der Waals surface area (Å²) in [6, 6.07) is 9.81. The number of pyridine rings is 1. The number of fused-ring (bicyclic) bond motifs is 3. The molecule has 0 saturated carbocycles. The minimum absolute atomic E-state index is 0. The zero-order valence-electron chi connectivity index (χ0n) is 17.0. The quantitative estimate of drug-likeness (QED) is 0.494. The van der Waals surface area contributed by atoms with Gasteiger partial charge in [-0.3, -0.25) is 14.5 Å². The van der Waals surface area contributed by atoms with E-state index < -0.39 is 0 Å². The van der Waals surface area contributed by atoms with Crippen molar-refractivity contribution in [2.75, 3.05) is 20.2 Å². The Morgan fingerprint density at radius 2 is 1.77 bits per heavy atom. The number of ether oxygens (including phenoxy) is 1. The number of nitrogens with zero attached hydrogens (tertiary/aromatic N) is 6. The minimum atomic E-state index is -0.220. The lowest BCUT2D eigenvalue weighted by Crippen LogP contribution is -2.30. The maximum absolute atomic E-state index is 13.2. The molecule has 0 radical (unpaired) electrons. The van der Waals surface area contributed by atoms with Crippen molar-refractivity contribution in [3.63, 3.8) is 0 Å². The summed E-state index contributed by atoms with van der Waals surface area (Å²) >= 11 is 0. The molecule has 4 heterocycles. The first-order valence-corrected chi connectivity index (χ1v) is 10.3. The molecular weight excluding hydrogens is 392 g/mol. The summed E-state index contributed by atoms with van der Waals surface area (Å²) in [4.78, 5) is 24.6. The van der Waals surface area contributed by atoms with Gasteiger partial charge in [0.05, 0.1) is 19.2 Å². The van der Waals surface area contributed by atoms with Gasteiger partial charge in [0.25, 0.3) is 0 Å². The summed E-state index contributed by atoms with van der Waals surface area (Å²) in [5.74, 6) is 0.785. The smallest absolute Gasteiger partial charge is 0.351 e. The fourth-order valence-electron chi connectivity index (χ4n) is 4.16. The maximum Gasteiger partial charge on any atom is 0.351 e. The Hall–Kier alpha value is -3.26. The maximum atomic E-state index is 13.2. The summed E-state index contributed by atoms with van der Waals surface area (Å²) in [7, 11) is 1.64. The Kier molecular flexibility index (Phi) is 5.99. The van der Waals surface area contributed by atoms with Crippen LogP contribution in [0.3, 0.4) is 0 Å². The second-order valence-corrected chi connectivity index (χ2v) is 7.76. The van der Waals surface area contributed by atoms with E-state index in [0.29, 0.717) is 17.7 Å². The van der Waals surface area contributed by atoms with E-state index in [9.17, 15) is 4.79 Å². The van der Waals surface area contributed by atoms with Gasteiger partial charge >= 0.3 is 5.69 Å². The molecule has 5 rings (SSSR count). The normalized spacial score (nSPS) is 14.6. The Bertz CT molecular complexity index is 1240. The molecule has 1 aliphatic rings. The molecule has 0 N–H and O–H groups in total. The molecule has 0 spiro atoms. The average molecular weight is 421 g/mol. The summed E-state index contributed by atoms with van der Waals surface area (Å²) in [5.41, 5.74) is 3.85. The zero-order valence-corrected chi connectivity index (χ0v) is 17.0. The number of methoxy groups -OCH3 is 1. The van der Waals surface area contributed by atoms with Crippen LogP contribution >= 0.6 is 0 Å². The van der Waals surface area contributed by atoms with Crippen molar-refractivity contribution in [1.82, 2.24) is 29.0 Å². The predicted molar refractivity (Wildman–Crippen MR) is 121 cm³/mol. The lowest BCUT2D eigenvalue weighted by atomic mass is 10.1. The van der Waals surface area contributed by atoms with Crippen LogP contribution in [0.5, 0.6) is 5.75 Å². The molecule has 0 unspecified atom stereocenters. The molecule has 0 amide bonds. The lowest BCUT2D eigenvalue weighted by Gasteiger charge is -2.26. The molecule has 1 saturated heterocycles. The third-order valence-corrected chi connectivity index (χ3v) is 5.74. The van der Waals surface area contributed by atoms with Crippen molar-refractivity contribution in [2.24, 2.45) is 0 Å². The highest BCUT2D eigenvalue weighted by Gasteiger charge is 2.16. The average Bonchev–Trinajstić information content (AvgIpc) is 3.28. The third-order valence-electron chi connectivity index (χ3n) is 5.74. The Morgan fingerprint density at radius 1 is 1.00 bits per heavy atom. The fourth-order valence-corrected chi connectivity index (χ4v) is 4.16. The summed E-state index contributed by atoms with van der Waals surface area (Å²) in [6.45, 7) is 3.49. The van der Waals surface area contributed by atoms with Crippen LogP contribution < -0.4 is 10.4 Å². The molecule has 0 bridgehead atoms. The van der Waals surface area contributed by atoms with E-state index >= 15 is 0 Å². The number of aromatic nitrogens is 5. The molecule has 0 atom stereocenters. The molecule has 31 heavy (non-hydrogen) atoms. The molecule has 162 valence electrons. The number of hydrogen-bond acceptors (Lipinski definition) is 6. The van der Waals surface area contributed by atoms with Gasteiger partial charge in [-0.1, -0.05) is 26.0 Å². The summed E-state index contributed by atoms with van der Waals surface area (Å²) in [5, 5.41) is 4.12. The number of hydrogen-bond donors (Lipinski definition) is 0. The number of rotatable bonds is 5. The van der Waals surface area contributed by atoms with E-state index in [4.69, 9.17) is 4.74 Å². The number of piperidine rings is 1. The SMILES string of the molecule is C.COc1ccc(Cn2c(=O)n3ncnc3c3ncc(CN4CCCCC4)cc32)cc1. The van der Waals surface area contributed by atoms with E-state index in [1.807, 2.05) is 30.5 Å². The van der Waals surface area contributed by atoms with E-state index in [0.717, 1.165) is 42.0 Å². The number of likely N-dealkylation sites (tertiary alicyclic amines) is 1. The zero-order chi connectivity index (χ0) is 20.5. The van der Waals surface area contributed by atoms with Crippen molar-refractivity contribution in [1.29, 1.82) is 0 Å². The van der Waals surface area contributed by atoms with Crippen LogP contribution in [0.4, 0.5) is 0 Å². The molecule has 3 aromatic heterocycles. The van der Waals surface area contributed by atoms with Gasteiger partial charge in [0.2, 0.25) is 0 Å². The van der Waals surface area contributed by atoms with Crippen LogP contribution in [-0.4, -0.2) is 49.2 Å². The molecule has 1 fully saturated rings. The van der Waals surface area contributed by atoms with Crippen molar-refractivity contribution in [3.05, 3.63) is 64.5 Å². The molecule has 1 aromatic carbocycles. The van der Waals surface area contributed by atoms with Crippen LogP contribution in [0.25, 0.3) is 16.7 Å². The van der Waals surface area contributed by atoms with Crippen LogP contribution in [0.1, 0.15) is 37.8 Å². The van der Waals surface area contributed by atoms with Gasteiger partial charge in [-0.2, -0.15) is 9.61 Å². The van der Waals surface area contributed by atoms with Crippen molar-refractivity contribution < 1.29 is 4.74 Å². The van der Waals surface area contributed by atoms with E-state index in [-0.39, 0.29) is 13.1 Å². The van der Waals surface area contributed by atoms with Crippen LogP contribution in [0.2, 0.25) is 0 Å². The first kappa shape index (κ1) is 21.0. The molecule has 8 nitrogen and oxygen atoms in total. The van der Waals surface area contributed by atoms with Gasteiger partial charge in [0, 0.05) is 12.7 Å². The monoisotopic (exact) mass is 420 g/mol. The van der Waals surface area contributed by atoms with Crippen LogP contribution in [0, 0.1) is 0 Å². The molecule has 0 aliphatic carbocycles. The number of benzene rings is 1. The van der Waals surface area contributed by atoms with Gasteiger partial charge < -0.3 is 4.74 Å². The Balaban J connectivity index is 0.00000231. The van der Waals surface area contributed by atoms with Crippen molar-refractivity contribution in [3.8, 4) is 5.75 Å². The van der Waals surface area contributed by atoms with Gasteiger partial charge in [0.15, 0.2) is 5.65 Å². The third kappa shape index (κ3) is 4.03. The van der Waals surface area contributed by atoms with Gasteiger partial charge in [0.1, 0.15) is 17.6 Å². The van der Waals surface area contributed by atoms with E-state index in [1.165, 1.54) is 30.1 Å². The Morgan fingerprint density at radius 3 is 2.52 bits per heavy atom. The van der Waals surface area contributed by atoms with Gasteiger partial charge in [-0.05, 0) is 55.3 Å². The summed E-state index contributed by atoms with van der Waals surface area (Å²) in [6.07, 6.45) is 7.08. The first-order valence-electron chi connectivity index (χ1n) is 10.3. The molecule has 4 aromatic rings. The highest BCUT2D eigenvalue weighted by molar-refractivity contribution is 5.87. The van der Waals surface area contributed by atoms with Gasteiger partial charge in [-0.25, -0.2) is 9.78 Å². The Labute approximate surface area is 181 Å². The largest absolute Gasteiger partial charge is 0.497 e.